The van der Waals surface area contributed by atoms with Gasteiger partial charge in [0.2, 0.25) is 0 Å². The second-order valence-electron chi connectivity index (χ2n) is 6.47. The second-order valence-corrected chi connectivity index (χ2v) is 7.62. The summed E-state index contributed by atoms with van der Waals surface area (Å²) in [6.07, 6.45) is 0. The molecule has 1 atom stereocenters. The van der Waals surface area contributed by atoms with E-state index in [0.29, 0.717) is 0 Å². The van der Waals surface area contributed by atoms with Crippen LogP contribution in [-0.2, 0) is 24.0 Å². The zero-order chi connectivity index (χ0) is 23.4. The third-order valence-corrected chi connectivity index (χ3v) is 3.47. The number of carboxylic acid groups (broad SMARTS) is 5. The Hall–Kier alpha value is -2.42. The maximum atomic E-state index is 10.6. The van der Waals surface area contributed by atoms with E-state index in [9.17, 15) is 24.0 Å². The zero-order valence-corrected chi connectivity index (χ0v) is 16.9. The number of aliphatic carboxylic acids is 5. The quantitative estimate of drug-likeness (QED) is 0.154. The molecule has 0 aromatic carbocycles. The van der Waals surface area contributed by atoms with Crippen LogP contribution in [0.1, 0.15) is 13.8 Å². The Morgan fingerprint density at radius 2 is 1.00 bits per heavy atom. The first-order chi connectivity index (χ1) is 13.1. The Labute approximate surface area is 172 Å². The van der Waals surface area contributed by atoms with Gasteiger partial charge in [0.05, 0.1) is 26.2 Å². The van der Waals surface area contributed by atoms with Crippen LogP contribution in [0.5, 0.6) is 0 Å². The molecule has 168 valence electrons. The molecule has 0 rings (SSSR count). The maximum Gasteiger partial charge on any atom is 0.321 e. The van der Waals surface area contributed by atoms with Crippen LogP contribution < -0.4 is 5.73 Å². The van der Waals surface area contributed by atoms with Crippen LogP contribution in [-0.4, -0.2) is 115 Å². The molecule has 0 amide bonds. The number of carbonyl (C=O) groups is 5. The van der Waals surface area contributed by atoms with Crippen LogP contribution in [0, 0.1) is 0 Å². The molecule has 29 heavy (non-hydrogen) atoms. The number of hydrogen-bond acceptors (Lipinski definition) is 9. The summed E-state index contributed by atoms with van der Waals surface area (Å²) < 4.78 is -0.647. The van der Waals surface area contributed by atoms with Crippen LogP contribution in [0.3, 0.4) is 0 Å². The van der Waals surface area contributed by atoms with Crippen molar-refractivity contribution in [1.29, 1.82) is 0 Å². The average molecular weight is 441 g/mol. The highest BCUT2D eigenvalue weighted by Gasteiger charge is 2.27. The predicted molar refractivity (Wildman–Crippen MR) is 102 cm³/mol. The molecule has 0 aromatic heterocycles. The number of thiol groups is 1. The minimum atomic E-state index is -1.23. The van der Waals surface area contributed by atoms with Crippen molar-refractivity contribution in [3.05, 3.63) is 0 Å². The van der Waals surface area contributed by atoms with E-state index in [1.54, 1.807) is 13.8 Å². The Bertz CT molecular complexity index is 525. The smallest absolute Gasteiger partial charge is 0.321 e. The number of hydrogen-bond donors (Lipinski definition) is 7. The fraction of sp³-hybridized carbons (Fsp3) is 0.667. The summed E-state index contributed by atoms with van der Waals surface area (Å²) in [6.45, 7) is 1.07. The van der Waals surface area contributed by atoms with E-state index in [-0.39, 0.29) is 13.1 Å². The van der Waals surface area contributed by atoms with E-state index in [2.05, 4.69) is 12.6 Å². The first-order valence-electron chi connectivity index (χ1n) is 8.08. The molecule has 0 fully saturated rings. The number of rotatable bonds is 13. The van der Waals surface area contributed by atoms with Gasteiger partial charge in [-0.3, -0.25) is 33.8 Å². The summed E-state index contributed by atoms with van der Waals surface area (Å²) in [6, 6.07) is -0.902. The molecule has 0 heterocycles. The highest BCUT2D eigenvalue weighted by Crippen LogP contribution is 2.15. The van der Waals surface area contributed by atoms with Crippen molar-refractivity contribution < 1.29 is 49.5 Å². The molecular formula is C15H27N3O10S. The Morgan fingerprint density at radius 3 is 1.10 bits per heavy atom. The lowest BCUT2D eigenvalue weighted by Gasteiger charge is -2.23. The van der Waals surface area contributed by atoms with Gasteiger partial charge in [0.25, 0.3) is 0 Å². The minimum absolute atomic E-state index is 0.0703. The highest BCUT2D eigenvalue weighted by atomic mass is 32.1. The second kappa shape index (κ2) is 13.7. The first-order valence-corrected chi connectivity index (χ1v) is 8.53. The summed E-state index contributed by atoms with van der Waals surface area (Å²) in [5.74, 6) is -5.93. The summed E-state index contributed by atoms with van der Waals surface area (Å²) in [7, 11) is 0. The molecule has 0 unspecified atom stereocenters. The highest BCUT2D eigenvalue weighted by molar-refractivity contribution is 7.81. The van der Waals surface area contributed by atoms with Crippen molar-refractivity contribution in [1.82, 2.24) is 9.80 Å². The Balaban J connectivity index is 0. The van der Waals surface area contributed by atoms with Gasteiger partial charge in [0, 0.05) is 17.8 Å². The molecule has 0 aliphatic heterocycles. The van der Waals surface area contributed by atoms with Crippen molar-refractivity contribution in [2.24, 2.45) is 5.73 Å². The SMILES string of the molecule is CC(C)(S)[C@@H](N)C(=O)O.O=C(O)CN(CCN(CC(=O)O)CC(=O)O)CC(=O)O. The molecule has 0 aromatic rings. The van der Waals surface area contributed by atoms with Gasteiger partial charge in [0.1, 0.15) is 6.04 Å². The van der Waals surface area contributed by atoms with Crippen LogP contribution in [0.2, 0.25) is 0 Å². The topological polar surface area (TPSA) is 219 Å². The van der Waals surface area contributed by atoms with Gasteiger partial charge in [0.15, 0.2) is 0 Å². The molecule has 0 spiro atoms. The van der Waals surface area contributed by atoms with Gasteiger partial charge in [-0.15, -0.1) is 0 Å². The van der Waals surface area contributed by atoms with Crippen molar-refractivity contribution in [3.63, 3.8) is 0 Å². The van der Waals surface area contributed by atoms with Crippen LogP contribution in [0.15, 0.2) is 0 Å². The fourth-order valence-electron chi connectivity index (χ4n) is 1.78. The first kappa shape index (κ1) is 28.8. The molecule has 13 nitrogen and oxygen atoms in total. The van der Waals surface area contributed by atoms with Crippen molar-refractivity contribution in [2.75, 3.05) is 39.3 Å². The van der Waals surface area contributed by atoms with Crippen molar-refractivity contribution in [2.45, 2.75) is 24.6 Å². The summed E-state index contributed by atoms with van der Waals surface area (Å²) >= 11 is 3.98. The summed E-state index contributed by atoms with van der Waals surface area (Å²) in [5.41, 5.74) is 5.22. The maximum absolute atomic E-state index is 10.6. The molecular weight excluding hydrogens is 414 g/mol. The average Bonchev–Trinajstić information content (AvgIpc) is 2.49. The van der Waals surface area contributed by atoms with E-state index in [0.717, 1.165) is 9.80 Å². The van der Waals surface area contributed by atoms with Crippen LogP contribution >= 0.6 is 12.6 Å². The fourth-order valence-corrected chi connectivity index (χ4v) is 1.89. The van der Waals surface area contributed by atoms with E-state index in [4.69, 9.17) is 31.3 Å². The summed E-state index contributed by atoms with van der Waals surface area (Å²) in [4.78, 5) is 54.5. The standard InChI is InChI=1S/C10H16N2O8.C5H11NO2S/c13-7(14)3-11(4-8(15)16)1-2-12(5-9(17)18)6-10(19)20;1-5(2,9)3(6)4(7)8/h1-6H2,(H,13,14)(H,15,16)(H,17,18)(H,19,20);3,9H,6H2,1-2H3,(H,7,8)/t;3-/m.0/s1. The van der Waals surface area contributed by atoms with Gasteiger partial charge >= 0.3 is 29.8 Å². The van der Waals surface area contributed by atoms with E-state index < -0.39 is 66.8 Å². The van der Waals surface area contributed by atoms with E-state index >= 15 is 0 Å². The van der Waals surface area contributed by atoms with Crippen molar-refractivity contribution in [3.8, 4) is 0 Å². The number of nitrogens with two attached hydrogens (primary N) is 1. The molecule has 0 saturated heterocycles. The number of nitrogens with zero attached hydrogens (tertiary/aromatic N) is 2. The van der Waals surface area contributed by atoms with Crippen molar-refractivity contribution >= 4 is 42.5 Å². The molecule has 0 bridgehead atoms. The van der Waals surface area contributed by atoms with Crippen LogP contribution in [0.25, 0.3) is 0 Å². The normalized spacial score (nSPS) is 12.1. The molecule has 7 N–H and O–H groups in total. The monoisotopic (exact) mass is 441 g/mol. The Morgan fingerprint density at radius 1 is 0.759 bits per heavy atom. The number of carboxylic acids is 5. The van der Waals surface area contributed by atoms with Gasteiger partial charge in [-0.2, -0.15) is 12.6 Å². The third-order valence-electron chi connectivity index (χ3n) is 3.20. The predicted octanol–water partition coefficient (Wildman–Crippen LogP) is -1.96. The zero-order valence-electron chi connectivity index (χ0n) is 16.0. The molecule has 0 radical (unpaired) electrons. The van der Waals surface area contributed by atoms with Crippen LogP contribution in [0.4, 0.5) is 0 Å². The molecule has 14 heteroatoms. The van der Waals surface area contributed by atoms with Gasteiger partial charge in [-0.1, -0.05) is 0 Å². The van der Waals surface area contributed by atoms with Gasteiger partial charge < -0.3 is 31.3 Å². The van der Waals surface area contributed by atoms with Gasteiger partial charge in [-0.25, -0.2) is 0 Å². The summed E-state index contributed by atoms with van der Waals surface area (Å²) in [5, 5.41) is 42.8. The lowest BCUT2D eigenvalue weighted by atomic mass is 10.1. The lowest BCUT2D eigenvalue weighted by molar-refractivity contribution is -0.145. The lowest BCUT2D eigenvalue weighted by Crippen LogP contribution is -2.45. The minimum Gasteiger partial charge on any atom is -0.480 e. The third kappa shape index (κ3) is 17.4. The van der Waals surface area contributed by atoms with E-state index in [1.165, 1.54) is 0 Å². The Kier molecular flexibility index (Phi) is 13.6. The molecule has 0 aliphatic carbocycles. The van der Waals surface area contributed by atoms with E-state index in [1.807, 2.05) is 0 Å². The van der Waals surface area contributed by atoms with Gasteiger partial charge in [-0.05, 0) is 13.8 Å². The largest absolute Gasteiger partial charge is 0.480 e. The molecule has 0 aliphatic rings. The molecule has 0 saturated carbocycles.